The second-order valence-electron chi connectivity index (χ2n) is 2.42. The molecule has 0 bridgehead atoms. The molecule has 0 saturated heterocycles. The molecule has 0 saturated carbocycles. The number of nitrogens with zero attached hydrogens (tertiary/aromatic N) is 1. The van der Waals surface area contributed by atoms with E-state index in [1.807, 2.05) is 13.0 Å². The van der Waals surface area contributed by atoms with Gasteiger partial charge in [0.25, 0.3) is 0 Å². The molecule has 0 aliphatic rings. The maximum atomic E-state index is 8.89. The molecule has 0 amide bonds. The molecule has 58 valence electrons. The Kier molecular flexibility index (Phi) is 2.39. The maximum Gasteiger partial charge on any atom is 0.0703 e. The van der Waals surface area contributed by atoms with Crippen molar-refractivity contribution in [1.82, 2.24) is 4.98 Å². The molecule has 1 aromatic heterocycles. The molecule has 0 atom stereocenters. The SMILES string of the molecule is C=Cc1ncc(C)cc1CO. The number of rotatable bonds is 2. The van der Waals surface area contributed by atoms with Crippen LogP contribution in [0, 0.1) is 6.92 Å². The average molecular weight is 149 g/mol. The highest BCUT2D eigenvalue weighted by Crippen LogP contribution is 2.08. The average Bonchev–Trinajstić information content (AvgIpc) is 2.04. The maximum absolute atomic E-state index is 8.89. The molecular weight excluding hydrogens is 138 g/mol. The summed E-state index contributed by atoms with van der Waals surface area (Å²) < 4.78 is 0. The van der Waals surface area contributed by atoms with Crippen LogP contribution in [0.2, 0.25) is 0 Å². The molecule has 2 heteroatoms. The highest BCUT2D eigenvalue weighted by Gasteiger charge is 1.97. The monoisotopic (exact) mass is 149 g/mol. The second-order valence-corrected chi connectivity index (χ2v) is 2.42. The van der Waals surface area contributed by atoms with Gasteiger partial charge in [-0.3, -0.25) is 4.98 Å². The summed E-state index contributed by atoms with van der Waals surface area (Å²) in [6.07, 6.45) is 3.40. The first-order chi connectivity index (χ1) is 5.27. The number of hydrogen-bond acceptors (Lipinski definition) is 2. The lowest BCUT2D eigenvalue weighted by atomic mass is 10.1. The molecule has 0 aromatic carbocycles. The summed E-state index contributed by atoms with van der Waals surface area (Å²) in [6.45, 7) is 5.56. The summed E-state index contributed by atoms with van der Waals surface area (Å²) in [7, 11) is 0. The van der Waals surface area contributed by atoms with E-state index in [1.54, 1.807) is 12.3 Å². The molecule has 1 rings (SSSR count). The lowest BCUT2D eigenvalue weighted by Gasteiger charge is -2.01. The number of aryl methyl sites for hydroxylation is 1. The van der Waals surface area contributed by atoms with Gasteiger partial charge >= 0.3 is 0 Å². The normalized spacial score (nSPS) is 9.64. The van der Waals surface area contributed by atoms with Crippen LogP contribution in [-0.2, 0) is 6.61 Å². The van der Waals surface area contributed by atoms with Gasteiger partial charge < -0.3 is 5.11 Å². The molecular formula is C9H11NO. The van der Waals surface area contributed by atoms with Crippen molar-refractivity contribution in [2.45, 2.75) is 13.5 Å². The molecule has 1 N–H and O–H groups in total. The second kappa shape index (κ2) is 3.30. The zero-order valence-electron chi connectivity index (χ0n) is 6.54. The first-order valence-electron chi connectivity index (χ1n) is 3.46. The smallest absolute Gasteiger partial charge is 0.0703 e. The number of aromatic nitrogens is 1. The molecule has 0 unspecified atom stereocenters. The van der Waals surface area contributed by atoms with Gasteiger partial charge in [0.2, 0.25) is 0 Å². The van der Waals surface area contributed by atoms with Crippen molar-refractivity contribution < 1.29 is 5.11 Å². The summed E-state index contributed by atoms with van der Waals surface area (Å²) in [5.74, 6) is 0. The van der Waals surface area contributed by atoms with E-state index in [0.29, 0.717) is 0 Å². The van der Waals surface area contributed by atoms with E-state index in [1.165, 1.54) is 0 Å². The lowest BCUT2D eigenvalue weighted by Crippen LogP contribution is -1.92. The van der Waals surface area contributed by atoms with Gasteiger partial charge in [-0.1, -0.05) is 12.6 Å². The van der Waals surface area contributed by atoms with E-state index in [0.717, 1.165) is 16.8 Å². The van der Waals surface area contributed by atoms with Gasteiger partial charge in [-0.25, -0.2) is 0 Å². The minimum absolute atomic E-state index is 0.0238. The zero-order chi connectivity index (χ0) is 8.27. The van der Waals surface area contributed by atoms with Gasteiger partial charge in [-0.2, -0.15) is 0 Å². The van der Waals surface area contributed by atoms with Crippen LogP contribution in [0.4, 0.5) is 0 Å². The van der Waals surface area contributed by atoms with E-state index in [9.17, 15) is 0 Å². The predicted octanol–water partition coefficient (Wildman–Crippen LogP) is 1.53. The summed E-state index contributed by atoms with van der Waals surface area (Å²) in [4.78, 5) is 4.09. The van der Waals surface area contributed by atoms with E-state index in [4.69, 9.17) is 5.11 Å². The van der Waals surface area contributed by atoms with Crippen LogP contribution >= 0.6 is 0 Å². The molecule has 0 fully saturated rings. The van der Waals surface area contributed by atoms with Crippen LogP contribution < -0.4 is 0 Å². The fraction of sp³-hybridized carbons (Fsp3) is 0.222. The number of aliphatic hydroxyl groups excluding tert-OH is 1. The molecule has 2 nitrogen and oxygen atoms in total. The topological polar surface area (TPSA) is 33.1 Å². The third kappa shape index (κ3) is 1.65. The Morgan fingerprint density at radius 3 is 3.00 bits per heavy atom. The fourth-order valence-electron chi connectivity index (χ4n) is 0.951. The number of aliphatic hydroxyl groups is 1. The quantitative estimate of drug-likeness (QED) is 0.691. The third-order valence-electron chi connectivity index (χ3n) is 1.50. The minimum atomic E-state index is 0.0238. The Labute approximate surface area is 66.2 Å². The van der Waals surface area contributed by atoms with Crippen LogP contribution in [0.3, 0.4) is 0 Å². The van der Waals surface area contributed by atoms with Gasteiger partial charge in [0.1, 0.15) is 0 Å². The Morgan fingerprint density at radius 2 is 2.45 bits per heavy atom. The molecule has 0 aliphatic carbocycles. The Morgan fingerprint density at radius 1 is 1.73 bits per heavy atom. The minimum Gasteiger partial charge on any atom is -0.392 e. The van der Waals surface area contributed by atoms with Crippen molar-refractivity contribution in [3.8, 4) is 0 Å². The number of hydrogen-bond donors (Lipinski definition) is 1. The van der Waals surface area contributed by atoms with Gasteiger partial charge in [-0.05, 0) is 18.6 Å². The lowest BCUT2D eigenvalue weighted by molar-refractivity contribution is 0.281. The highest BCUT2D eigenvalue weighted by molar-refractivity contribution is 5.47. The Hall–Kier alpha value is -1.15. The molecule has 0 aliphatic heterocycles. The van der Waals surface area contributed by atoms with Gasteiger partial charge in [0, 0.05) is 11.8 Å². The van der Waals surface area contributed by atoms with Crippen molar-refractivity contribution in [3.05, 3.63) is 35.7 Å². The standard InChI is InChI=1S/C9H11NO/c1-3-9-8(6-11)4-7(2)5-10-9/h3-5,11H,1,6H2,2H3. The van der Waals surface area contributed by atoms with Gasteiger partial charge in [-0.15, -0.1) is 0 Å². The summed E-state index contributed by atoms with van der Waals surface area (Å²) >= 11 is 0. The zero-order valence-corrected chi connectivity index (χ0v) is 6.54. The van der Waals surface area contributed by atoms with E-state index >= 15 is 0 Å². The Bertz CT molecular complexity index is 268. The molecule has 1 heterocycles. The van der Waals surface area contributed by atoms with Crippen LogP contribution in [0.25, 0.3) is 6.08 Å². The first-order valence-corrected chi connectivity index (χ1v) is 3.46. The molecule has 1 aromatic rings. The third-order valence-corrected chi connectivity index (χ3v) is 1.50. The largest absolute Gasteiger partial charge is 0.392 e. The van der Waals surface area contributed by atoms with Crippen LogP contribution in [-0.4, -0.2) is 10.1 Å². The van der Waals surface area contributed by atoms with Gasteiger partial charge in [0.15, 0.2) is 0 Å². The van der Waals surface area contributed by atoms with Crippen molar-refractivity contribution in [2.75, 3.05) is 0 Å². The molecule has 0 spiro atoms. The highest BCUT2D eigenvalue weighted by atomic mass is 16.3. The van der Waals surface area contributed by atoms with Crippen LogP contribution in [0.15, 0.2) is 18.8 Å². The molecule has 11 heavy (non-hydrogen) atoms. The summed E-state index contributed by atoms with van der Waals surface area (Å²) in [5, 5.41) is 8.89. The van der Waals surface area contributed by atoms with Crippen molar-refractivity contribution in [1.29, 1.82) is 0 Å². The summed E-state index contributed by atoms with van der Waals surface area (Å²) in [6, 6.07) is 1.91. The van der Waals surface area contributed by atoms with E-state index < -0.39 is 0 Å². The van der Waals surface area contributed by atoms with Crippen LogP contribution in [0.5, 0.6) is 0 Å². The fourth-order valence-corrected chi connectivity index (χ4v) is 0.951. The van der Waals surface area contributed by atoms with Gasteiger partial charge in [0.05, 0.1) is 12.3 Å². The number of pyridine rings is 1. The van der Waals surface area contributed by atoms with E-state index in [-0.39, 0.29) is 6.61 Å². The van der Waals surface area contributed by atoms with Crippen molar-refractivity contribution in [3.63, 3.8) is 0 Å². The Balaban J connectivity index is 3.16. The first kappa shape index (κ1) is 7.95. The predicted molar refractivity (Wildman–Crippen MR) is 45.0 cm³/mol. The summed E-state index contributed by atoms with van der Waals surface area (Å²) in [5.41, 5.74) is 2.65. The molecule has 0 radical (unpaired) electrons. The van der Waals surface area contributed by atoms with E-state index in [2.05, 4.69) is 11.6 Å². The van der Waals surface area contributed by atoms with Crippen molar-refractivity contribution in [2.24, 2.45) is 0 Å². The van der Waals surface area contributed by atoms with Crippen LogP contribution in [0.1, 0.15) is 16.8 Å². The van der Waals surface area contributed by atoms with Crippen molar-refractivity contribution >= 4 is 6.08 Å².